The predicted molar refractivity (Wildman–Crippen MR) is 67.2 cm³/mol. The molecule has 0 spiro atoms. The van der Waals surface area contributed by atoms with E-state index in [9.17, 15) is 13.6 Å². The van der Waals surface area contributed by atoms with Crippen LogP contribution >= 0.6 is 11.6 Å². The molecule has 0 atom stereocenters. The molecule has 0 fully saturated rings. The predicted octanol–water partition coefficient (Wildman–Crippen LogP) is 3.17. The zero-order valence-corrected chi connectivity index (χ0v) is 10.9. The summed E-state index contributed by atoms with van der Waals surface area (Å²) in [6.07, 6.45) is 2.11. The average Bonchev–Trinajstić information content (AvgIpc) is 2.76. The van der Waals surface area contributed by atoms with Gasteiger partial charge in [0.15, 0.2) is 5.78 Å². The molecule has 0 aliphatic rings. The zero-order chi connectivity index (χ0) is 14.0. The summed E-state index contributed by atoms with van der Waals surface area (Å²) in [5, 5.41) is 3.63. The van der Waals surface area contributed by atoms with Gasteiger partial charge in [0.1, 0.15) is 11.6 Å². The van der Waals surface area contributed by atoms with Crippen LogP contribution in [0.4, 0.5) is 8.78 Å². The highest BCUT2D eigenvalue weighted by molar-refractivity contribution is 6.30. The first kappa shape index (κ1) is 13.7. The van der Waals surface area contributed by atoms with E-state index in [2.05, 4.69) is 5.10 Å². The summed E-state index contributed by atoms with van der Waals surface area (Å²) in [6.45, 7) is 0. The van der Waals surface area contributed by atoms with Crippen molar-refractivity contribution in [1.29, 1.82) is 0 Å². The van der Waals surface area contributed by atoms with Crippen LogP contribution in [0.3, 0.4) is 0 Å². The van der Waals surface area contributed by atoms with Gasteiger partial charge >= 0.3 is 0 Å². The van der Waals surface area contributed by atoms with E-state index >= 15 is 0 Å². The summed E-state index contributed by atoms with van der Waals surface area (Å²) >= 11 is 5.43. The third kappa shape index (κ3) is 2.98. The van der Waals surface area contributed by atoms with Gasteiger partial charge in [-0.05, 0) is 24.6 Å². The van der Waals surface area contributed by atoms with Crippen LogP contribution in [0, 0.1) is 11.6 Å². The van der Waals surface area contributed by atoms with E-state index in [1.54, 1.807) is 24.0 Å². The lowest BCUT2D eigenvalue weighted by Crippen LogP contribution is -2.07. The number of Topliss-reactive ketones (excluding diaryl/α,β-unsaturated/α-hetero) is 1. The van der Waals surface area contributed by atoms with Crippen LogP contribution in [0.1, 0.15) is 22.5 Å². The lowest BCUT2D eigenvalue weighted by molar-refractivity contribution is 0.0978. The van der Waals surface area contributed by atoms with Crippen LogP contribution in [0.15, 0.2) is 24.4 Å². The quantitative estimate of drug-likeness (QED) is 0.638. The number of aromatic nitrogens is 2. The monoisotopic (exact) mass is 284 g/mol. The molecule has 2 rings (SSSR count). The van der Waals surface area contributed by atoms with Crippen molar-refractivity contribution < 1.29 is 13.6 Å². The van der Waals surface area contributed by atoms with E-state index in [0.717, 1.165) is 17.8 Å². The molecule has 6 heteroatoms. The fourth-order valence-electron chi connectivity index (χ4n) is 1.76. The number of benzene rings is 1. The second kappa shape index (κ2) is 5.48. The van der Waals surface area contributed by atoms with Crippen LogP contribution in [0.2, 0.25) is 5.02 Å². The summed E-state index contributed by atoms with van der Waals surface area (Å²) in [5.74, 6) is -2.07. The van der Waals surface area contributed by atoms with E-state index in [0.29, 0.717) is 6.42 Å². The number of carbonyl (C=O) groups is 1. The molecule has 0 unspecified atom stereocenters. The summed E-state index contributed by atoms with van der Waals surface area (Å²) in [5.41, 5.74) is 0.576. The second-order valence-electron chi connectivity index (χ2n) is 4.12. The van der Waals surface area contributed by atoms with E-state index in [4.69, 9.17) is 11.6 Å². The Hall–Kier alpha value is -1.75. The molecular weight excluding hydrogens is 274 g/mol. The van der Waals surface area contributed by atoms with Gasteiger partial charge in [0.05, 0.1) is 10.6 Å². The Kier molecular flexibility index (Phi) is 3.95. The Morgan fingerprint density at radius 1 is 1.37 bits per heavy atom. The zero-order valence-electron chi connectivity index (χ0n) is 10.2. The SMILES string of the molecule is Cn1nccc1CCC(=O)c1cc(F)c(Cl)cc1F. The molecule has 0 aliphatic carbocycles. The summed E-state index contributed by atoms with van der Waals surface area (Å²) in [4.78, 5) is 11.9. The van der Waals surface area contributed by atoms with Gasteiger partial charge in [0.2, 0.25) is 0 Å². The van der Waals surface area contributed by atoms with E-state index in [-0.39, 0.29) is 17.0 Å². The van der Waals surface area contributed by atoms with Crippen LogP contribution in [0.5, 0.6) is 0 Å². The van der Waals surface area contributed by atoms with Crippen LogP contribution in [-0.2, 0) is 13.5 Å². The third-order valence-corrected chi connectivity index (χ3v) is 3.13. The molecule has 100 valence electrons. The van der Waals surface area contributed by atoms with Crippen molar-refractivity contribution in [2.45, 2.75) is 12.8 Å². The van der Waals surface area contributed by atoms with Gasteiger partial charge in [-0.15, -0.1) is 0 Å². The number of aryl methyl sites for hydroxylation is 2. The van der Waals surface area contributed by atoms with Crippen LogP contribution in [0.25, 0.3) is 0 Å². The lowest BCUT2D eigenvalue weighted by Gasteiger charge is -2.05. The largest absolute Gasteiger partial charge is 0.294 e. The summed E-state index contributed by atoms with van der Waals surface area (Å²) in [7, 11) is 1.75. The van der Waals surface area contributed by atoms with Crippen LogP contribution < -0.4 is 0 Å². The molecule has 3 nitrogen and oxygen atoms in total. The van der Waals surface area contributed by atoms with Crippen molar-refractivity contribution in [1.82, 2.24) is 9.78 Å². The molecule has 1 aromatic heterocycles. The molecule has 0 N–H and O–H groups in total. The average molecular weight is 285 g/mol. The molecule has 0 saturated carbocycles. The van der Waals surface area contributed by atoms with Gasteiger partial charge in [-0.2, -0.15) is 5.10 Å². The minimum atomic E-state index is -0.804. The highest BCUT2D eigenvalue weighted by Gasteiger charge is 2.15. The van der Waals surface area contributed by atoms with E-state index in [1.165, 1.54) is 0 Å². The highest BCUT2D eigenvalue weighted by atomic mass is 35.5. The van der Waals surface area contributed by atoms with Gasteiger partial charge in [-0.3, -0.25) is 9.48 Å². The minimum absolute atomic E-state index is 0.0809. The van der Waals surface area contributed by atoms with Gasteiger partial charge in [-0.1, -0.05) is 11.6 Å². The summed E-state index contributed by atoms with van der Waals surface area (Å²) < 4.78 is 28.4. The molecule has 0 radical (unpaired) electrons. The Morgan fingerprint density at radius 2 is 2.11 bits per heavy atom. The van der Waals surface area contributed by atoms with Crippen molar-refractivity contribution in [2.75, 3.05) is 0 Å². The third-order valence-electron chi connectivity index (χ3n) is 2.84. The number of halogens is 3. The van der Waals surface area contributed by atoms with Crippen molar-refractivity contribution in [3.63, 3.8) is 0 Å². The number of hydrogen-bond acceptors (Lipinski definition) is 2. The first-order chi connectivity index (χ1) is 8.99. The molecule has 19 heavy (non-hydrogen) atoms. The number of hydrogen-bond donors (Lipinski definition) is 0. The maximum absolute atomic E-state index is 13.5. The molecular formula is C13H11ClF2N2O. The maximum atomic E-state index is 13.5. The lowest BCUT2D eigenvalue weighted by atomic mass is 10.0. The molecule has 0 aliphatic heterocycles. The smallest absolute Gasteiger partial charge is 0.166 e. The first-order valence-electron chi connectivity index (χ1n) is 5.63. The normalized spacial score (nSPS) is 10.7. The Bertz CT molecular complexity index is 625. The number of nitrogens with zero attached hydrogens (tertiary/aromatic N) is 2. The van der Waals surface area contributed by atoms with Crippen molar-refractivity contribution >= 4 is 17.4 Å². The molecule has 1 heterocycles. The van der Waals surface area contributed by atoms with Crippen molar-refractivity contribution in [3.8, 4) is 0 Å². The van der Waals surface area contributed by atoms with Crippen LogP contribution in [-0.4, -0.2) is 15.6 Å². The van der Waals surface area contributed by atoms with Crippen molar-refractivity contribution in [3.05, 3.63) is 52.3 Å². The Balaban J connectivity index is 2.12. The summed E-state index contributed by atoms with van der Waals surface area (Å²) in [6, 6.07) is 3.42. The number of rotatable bonds is 4. The van der Waals surface area contributed by atoms with Crippen molar-refractivity contribution in [2.24, 2.45) is 7.05 Å². The fraction of sp³-hybridized carbons (Fsp3) is 0.231. The fourth-order valence-corrected chi connectivity index (χ4v) is 1.91. The minimum Gasteiger partial charge on any atom is -0.294 e. The number of carbonyl (C=O) groups excluding carboxylic acids is 1. The van der Waals surface area contributed by atoms with Gasteiger partial charge < -0.3 is 0 Å². The molecule has 0 bridgehead atoms. The molecule has 1 aromatic carbocycles. The highest BCUT2D eigenvalue weighted by Crippen LogP contribution is 2.20. The molecule has 0 amide bonds. The molecule has 2 aromatic rings. The van der Waals surface area contributed by atoms with Gasteiger partial charge in [0, 0.05) is 25.4 Å². The second-order valence-corrected chi connectivity index (χ2v) is 4.52. The van der Waals surface area contributed by atoms with Gasteiger partial charge in [0.25, 0.3) is 0 Å². The van der Waals surface area contributed by atoms with Gasteiger partial charge in [-0.25, -0.2) is 8.78 Å². The van der Waals surface area contributed by atoms with E-state index < -0.39 is 17.4 Å². The topological polar surface area (TPSA) is 34.9 Å². The molecule has 0 saturated heterocycles. The van der Waals surface area contributed by atoms with E-state index in [1.807, 2.05) is 0 Å². The standard InChI is InChI=1S/C13H11ClF2N2O/c1-18-8(4-5-17-18)2-3-13(19)9-6-12(16)10(14)7-11(9)15/h4-7H,2-3H2,1H3. The first-order valence-corrected chi connectivity index (χ1v) is 6.01. The Morgan fingerprint density at radius 3 is 2.74 bits per heavy atom. The Labute approximate surface area is 113 Å². The maximum Gasteiger partial charge on any atom is 0.166 e. The number of ketones is 1.